The van der Waals surface area contributed by atoms with Crippen LogP contribution in [0.2, 0.25) is 0 Å². The van der Waals surface area contributed by atoms with E-state index in [0.717, 1.165) is 16.9 Å². The number of halogens is 3. The van der Waals surface area contributed by atoms with Crippen LogP contribution in [-0.4, -0.2) is 20.3 Å². The molecule has 0 bridgehead atoms. The van der Waals surface area contributed by atoms with Crippen LogP contribution in [0.15, 0.2) is 22.9 Å². The minimum atomic E-state index is -4.48. The van der Waals surface area contributed by atoms with Gasteiger partial charge in [0.05, 0.1) is 5.69 Å². The molecule has 110 valence electrons. The van der Waals surface area contributed by atoms with Crippen molar-refractivity contribution < 1.29 is 17.6 Å². The lowest BCUT2D eigenvalue weighted by molar-refractivity contribution is -0.141. The van der Waals surface area contributed by atoms with Gasteiger partial charge in [0.25, 0.3) is 0 Å². The zero-order valence-corrected chi connectivity index (χ0v) is 11.3. The van der Waals surface area contributed by atoms with Crippen molar-refractivity contribution in [2.24, 2.45) is 0 Å². The van der Waals surface area contributed by atoms with Crippen molar-refractivity contribution in [3.8, 4) is 6.01 Å². The van der Waals surface area contributed by atoms with Crippen molar-refractivity contribution in [2.75, 3.05) is 0 Å². The zero-order valence-electron chi connectivity index (χ0n) is 11.3. The number of rotatable bonds is 3. The van der Waals surface area contributed by atoms with Gasteiger partial charge in [-0.1, -0.05) is 0 Å². The van der Waals surface area contributed by atoms with Crippen LogP contribution in [0.3, 0.4) is 0 Å². The summed E-state index contributed by atoms with van der Waals surface area (Å²) in [6.45, 7) is 6.45. The van der Waals surface area contributed by atoms with Gasteiger partial charge in [-0.25, -0.2) is 0 Å². The second kappa shape index (κ2) is 4.93. The Labute approximate surface area is 113 Å². The molecule has 2 rings (SSSR count). The van der Waals surface area contributed by atoms with Crippen LogP contribution in [0.4, 0.5) is 13.2 Å². The van der Waals surface area contributed by atoms with E-state index in [0.29, 0.717) is 12.2 Å². The van der Waals surface area contributed by atoms with Gasteiger partial charge >= 0.3 is 12.2 Å². The molecule has 20 heavy (non-hydrogen) atoms. The smallest absolute Gasteiger partial charge is 0.430 e. The first-order chi connectivity index (χ1) is 9.15. The van der Waals surface area contributed by atoms with E-state index >= 15 is 0 Å². The number of oxazole rings is 1. The second-order valence-corrected chi connectivity index (χ2v) is 5.37. The minimum absolute atomic E-state index is 0.00575. The Morgan fingerprint density at radius 3 is 2.55 bits per heavy atom. The van der Waals surface area contributed by atoms with Gasteiger partial charge in [-0.2, -0.15) is 27.9 Å². The van der Waals surface area contributed by atoms with Crippen molar-refractivity contribution in [2.45, 2.75) is 39.0 Å². The summed E-state index contributed by atoms with van der Waals surface area (Å²) in [5.74, 6) is 0. The molecule has 0 radical (unpaired) electrons. The molecule has 1 N–H and O–H groups in total. The molecule has 0 aliphatic carbocycles. The fourth-order valence-corrected chi connectivity index (χ4v) is 1.42. The summed E-state index contributed by atoms with van der Waals surface area (Å²) < 4.78 is 43.4. The maximum atomic E-state index is 12.4. The van der Waals surface area contributed by atoms with Crippen molar-refractivity contribution in [1.29, 1.82) is 0 Å². The molecule has 0 aliphatic rings. The van der Waals surface area contributed by atoms with Gasteiger partial charge in [-0.15, -0.1) is 0 Å². The molecule has 2 heterocycles. The Hall–Kier alpha value is -1.83. The minimum Gasteiger partial charge on any atom is -0.430 e. The highest BCUT2D eigenvalue weighted by atomic mass is 19.4. The predicted molar refractivity (Wildman–Crippen MR) is 65.2 cm³/mol. The Bertz CT molecular complexity index is 580. The topological polar surface area (TPSA) is 55.9 Å². The Balaban J connectivity index is 2.11. The number of hydrogen-bond acceptors (Lipinski definition) is 4. The largest absolute Gasteiger partial charge is 0.435 e. The first-order valence-corrected chi connectivity index (χ1v) is 5.98. The van der Waals surface area contributed by atoms with Crippen LogP contribution < -0.4 is 5.32 Å². The van der Waals surface area contributed by atoms with Crippen LogP contribution in [0, 0.1) is 0 Å². The molecule has 0 saturated heterocycles. The van der Waals surface area contributed by atoms with Crippen molar-refractivity contribution in [3.05, 3.63) is 29.9 Å². The molecular weight excluding hydrogens is 273 g/mol. The Morgan fingerprint density at radius 2 is 2.00 bits per heavy atom. The van der Waals surface area contributed by atoms with Gasteiger partial charge in [-0.3, -0.25) is 0 Å². The van der Waals surface area contributed by atoms with E-state index in [2.05, 4.69) is 15.4 Å². The molecule has 5 nitrogen and oxygen atoms in total. The van der Waals surface area contributed by atoms with Crippen LogP contribution in [0.1, 0.15) is 32.2 Å². The molecule has 0 unspecified atom stereocenters. The molecule has 2 aromatic rings. The lowest BCUT2D eigenvalue weighted by Crippen LogP contribution is -2.35. The maximum absolute atomic E-state index is 12.4. The quantitative estimate of drug-likeness (QED) is 0.943. The lowest BCUT2D eigenvalue weighted by atomic mass is 10.1. The van der Waals surface area contributed by atoms with E-state index in [9.17, 15) is 13.2 Å². The zero-order chi connectivity index (χ0) is 15.0. The fraction of sp³-hybridized carbons (Fsp3) is 0.500. The summed E-state index contributed by atoms with van der Waals surface area (Å²) >= 11 is 0. The van der Waals surface area contributed by atoms with Crippen LogP contribution in [-0.2, 0) is 12.7 Å². The molecule has 0 aliphatic heterocycles. The van der Waals surface area contributed by atoms with Gasteiger partial charge in [0, 0.05) is 18.3 Å². The highest BCUT2D eigenvalue weighted by Crippen LogP contribution is 2.27. The SMILES string of the molecule is CC(C)(C)NCc1coc(-n2ccc(C(F)(F)F)n2)n1. The Kier molecular flexibility index (Phi) is 3.59. The molecule has 0 spiro atoms. The van der Waals surface area contributed by atoms with Crippen LogP contribution in [0.5, 0.6) is 0 Å². The number of nitrogens with one attached hydrogen (secondary N) is 1. The van der Waals surface area contributed by atoms with E-state index in [1.54, 1.807) is 0 Å². The van der Waals surface area contributed by atoms with E-state index in [-0.39, 0.29) is 11.6 Å². The van der Waals surface area contributed by atoms with Gasteiger partial charge in [-0.05, 0) is 26.8 Å². The van der Waals surface area contributed by atoms with Crippen LogP contribution >= 0.6 is 0 Å². The van der Waals surface area contributed by atoms with E-state index < -0.39 is 11.9 Å². The standard InChI is InChI=1S/C12H15F3N4O/c1-11(2,3)16-6-8-7-20-10(17-8)19-5-4-9(18-19)12(13,14)15/h4-5,7,16H,6H2,1-3H3. The molecule has 2 aromatic heterocycles. The fourth-order valence-electron chi connectivity index (χ4n) is 1.42. The Morgan fingerprint density at radius 1 is 1.30 bits per heavy atom. The lowest BCUT2D eigenvalue weighted by Gasteiger charge is -2.19. The molecule has 0 saturated carbocycles. The third kappa shape index (κ3) is 3.60. The molecule has 0 amide bonds. The third-order valence-electron chi connectivity index (χ3n) is 2.41. The number of alkyl halides is 3. The predicted octanol–water partition coefficient (Wildman–Crippen LogP) is 2.77. The highest BCUT2D eigenvalue weighted by molar-refractivity contribution is 5.13. The molecule has 8 heteroatoms. The monoisotopic (exact) mass is 288 g/mol. The van der Waals surface area contributed by atoms with Crippen molar-refractivity contribution >= 4 is 0 Å². The summed E-state index contributed by atoms with van der Waals surface area (Å²) in [6.07, 6.45) is -1.92. The van der Waals surface area contributed by atoms with E-state index in [4.69, 9.17) is 4.42 Å². The summed E-state index contributed by atoms with van der Waals surface area (Å²) in [7, 11) is 0. The van der Waals surface area contributed by atoms with Gasteiger partial charge < -0.3 is 9.73 Å². The van der Waals surface area contributed by atoms with Crippen molar-refractivity contribution in [1.82, 2.24) is 20.1 Å². The number of nitrogens with zero attached hydrogens (tertiary/aromatic N) is 3. The van der Waals surface area contributed by atoms with Crippen molar-refractivity contribution in [3.63, 3.8) is 0 Å². The van der Waals surface area contributed by atoms with E-state index in [1.807, 2.05) is 20.8 Å². The van der Waals surface area contributed by atoms with Crippen LogP contribution in [0.25, 0.3) is 6.01 Å². The second-order valence-electron chi connectivity index (χ2n) is 5.37. The average Bonchev–Trinajstić information content (AvgIpc) is 2.93. The first-order valence-electron chi connectivity index (χ1n) is 5.98. The normalized spacial score (nSPS) is 12.9. The summed E-state index contributed by atoms with van der Waals surface area (Å²) in [5, 5.41) is 6.59. The summed E-state index contributed by atoms with van der Waals surface area (Å²) in [5.41, 5.74) is -0.474. The van der Waals surface area contributed by atoms with Gasteiger partial charge in [0.1, 0.15) is 6.26 Å². The molecule has 0 aromatic carbocycles. The molecule has 0 atom stereocenters. The molecule has 0 fully saturated rings. The van der Waals surface area contributed by atoms with Gasteiger partial charge in [0.15, 0.2) is 5.69 Å². The number of hydrogen-bond donors (Lipinski definition) is 1. The maximum Gasteiger partial charge on any atom is 0.435 e. The van der Waals surface area contributed by atoms with E-state index in [1.165, 1.54) is 6.26 Å². The summed E-state index contributed by atoms with van der Waals surface area (Å²) in [6, 6.07) is 0.878. The highest BCUT2D eigenvalue weighted by Gasteiger charge is 2.34. The average molecular weight is 288 g/mol. The first kappa shape index (κ1) is 14.6. The van der Waals surface area contributed by atoms with Gasteiger partial charge in [0.2, 0.25) is 0 Å². The molecular formula is C12H15F3N4O. The third-order valence-corrected chi connectivity index (χ3v) is 2.41. The summed E-state index contributed by atoms with van der Waals surface area (Å²) in [4.78, 5) is 4.08. The number of aromatic nitrogens is 3.